The molecule has 31 heavy (non-hydrogen) atoms. The third-order valence-corrected chi connectivity index (χ3v) is 6.08. The van der Waals surface area contributed by atoms with Gasteiger partial charge in [0.2, 0.25) is 0 Å². The molecule has 0 unspecified atom stereocenters. The molecule has 1 aliphatic rings. The Morgan fingerprint density at radius 1 is 1.16 bits per heavy atom. The molecule has 1 aliphatic heterocycles. The average Bonchev–Trinajstić information content (AvgIpc) is 3.01. The normalized spacial score (nSPS) is 16.8. The molecule has 0 atom stereocenters. The molecular formula is C24H27BrN2O3S. The monoisotopic (exact) mass is 502 g/mol. The van der Waals surface area contributed by atoms with Crippen molar-refractivity contribution < 1.29 is 14.3 Å². The van der Waals surface area contributed by atoms with Gasteiger partial charge in [-0.3, -0.25) is 14.7 Å². The maximum Gasteiger partial charge on any atom is 0.266 e. The minimum absolute atomic E-state index is 0.0288. The summed E-state index contributed by atoms with van der Waals surface area (Å²) in [5.41, 5.74) is 1.92. The number of hydrogen-bond donors (Lipinski definition) is 0. The Balaban J connectivity index is 1.88. The number of ether oxygens (including phenoxy) is 2. The van der Waals surface area contributed by atoms with Crippen LogP contribution in [0.5, 0.6) is 11.5 Å². The topological polar surface area (TPSA) is 51.1 Å². The van der Waals surface area contributed by atoms with Crippen LogP contribution in [0.1, 0.15) is 38.8 Å². The number of thioether (sulfide) groups is 1. The van der Waals surface area contributed by atoms with E-state index in [1.165, 1.54) is 11.8 Å². The van der Waals surface area contributed by atoms with Crippen molar-refractivity contribution in [1.82, 2.24) is 4.90 Å². The number of carbonyl (C=O) groups is 1. The van der Waals surface area contributed by atoms with Crippen molar-refractivity contribution in [1.29, 1.82) is 0 Å². The number of carbonyl (C=O) groups excluding carboxylic acids is 1. The van der Waals surface area contributed by atoms with Crippen molar-refractivity contribution in [2.75, 3.05) is 7.11 Å². The van der Waals surface area contributed by atoms with Crippen molar-refractivity contribution >= 4 is 44.8 Å². The number of rotatable bonds is 7. The number of halogens is 1. The summed E-state index contributed by atoms with van der Waals surface area (Å²) < 4.78 is 12.3. The summed E-state index contributed by atoms with van der Waals surface area (Å²) in [6.45, 7) is 8.44. The Morgan fingerprint density at radius 3 is 2.48 bits per heavy atom. The van der Waals surface area contributed by atoms with Crippen molar-refractivity contribution in [2.24, 2.45) is 4.99 Å². The second-order valence-electron chi connectivity index (χ2n) is 7.69. The lowest BCUT2D eigenvalue weighted by atomic mass is 10.1. The van der Waals surface area contributed by atoms with Gasteiger partial charge in [0.1, 0.15) is 6.61 Å². The zero-order chi connectivity index (χ0) is 22.5. The van der Waals surface area contributed by atoms with E-state index in [1.807, 2.05) is 76.2 Å². The number of aliphatic imine (C=N–C) groups is 1. The van der Waals surface area contributed by atoms with Crippen LogP contribution in [0, 0.1) is 0 Å². The number of methoxy groups -OCH3 is 1. The largest absolute Gasteiger partial charge is 0.493 e. The maximum atomic E-state index is 13.0. The molecule has 2 aromatic carbocycles. The van der Waals surface area contributed by atoms with Crippen LogP contribution in [0.15, 0.2) is 56.8 Å². The zero-order valence-electron chi connectivity index (χ0n) is 18.4. The van der Waals surface area contributed by atoms with E-state index in [2.05, 4.69) is 20.9 Å². The van der Waals surface area contributed by atoms with Gasteiger partial charge in [0, 0.05) is 12.1 Å². The SMILES string of the molecule is COc1cc(/C=C2/SC(=NC(C)C)N(C(C)C)C2=O)cc(Br)c1OCc1ccccc1. The van der Waals surface area contributed by atoms with Gasteiger partial charge in [0.05, 0.1) is 16.5 Å². The molecule has 5 nitrogen and oxygen atoms in total. The van der Waals surface area contributed by atoms with Gasteiger partial charge < -0.3 is 9.47 Å². The Bertz CT molecular complexity index is 1000. The van der Waals surface area contributed by atoms with Crippen LogP contribution in [0.2, 0.25) is 0 Å². The molecular weight excluding hydrogens is 476 g/mol. The molecule has 0 saturated carbocycles. The van der Waals surface area contributed by atoms with E-state index in [9.17, 15) is 4.79 Å². The fraction of sp³-hybridized carbons (Fsp3) is 0.333. The lowest BCUT2D eigenvalue weighted by Gasteiger charge is -2.20. The first-order valence-electron chi connectivity index (χ1n) is 10.1. The molecule has 2 aromatic rings. The van der Waals surface area contributed by atoms with Gasteiger partial charge in [-0.05, 0) is 84.7 Å². The van der Waals surface area contributed by atoms with E-state index in [0.717, 1.165) is 20.8 Å². The molecule has 164 valence electrons. The standard InChI is InChI=1S/C24H27BrN2O3S/c1-15(2)26-24-27(16(3)4)23(28)21(31-24)13-18-11-19(25)22(20(12-18)29-5)30-14-17-9-7-6-8-10-17/h6-13,15-16H,14H2,1-5H3/b21-13+,26-24?. The average molecular weight is 503 g/mol. The number of benzene rings is 2. The molecule has 7 heteroatoms. The summed E-state index contributed by atoms with van der Waals surface area (Å²) in [5, 5.41) is 0.745. The highest BCUT2D eigenvalue weighted by Gasteiger charge is 2.35. The maximum absolute atomic E-state index is 13.0. The first kappa shape index (κ1) is 23.4. The van der Waals surface area contributed by atoms with Gasteiger partial charge in [0.25, 0.3) is 5.91 Å². The van der Waals surface area contributed by atoms with Crippen LogP contribution in [-0.4, -0.2) is 35.2 Å². The second kappa shape index (κ2) is 10.4. The number of amidine groups is 1. The highest BCUT2D eigenvalue weighted by Crippen LogP contribution is 2.40. The van der Waals surface area contributed by atoms with Crippen LogP contribution in [0.25, 0.3) is 6.08 Å². The quantitative estimate of drug-likeness (QED) is 0.427. The molecule has 0 spiro atoms. The van der Waals surface area contributed by atoms with Gasteiger partial charge in [-0.15, -0.1) is 0 Å². The van der Waals surface area contributed by atoms with Crippen LogP contribution in [0.3, 0.4) is 0 Å². The highest BCUT2D eigenvalue weighted by atomic mass is 79.9. The number of nitrogens with zero attached hydrogens (tertiary/aromatic N) is 2. The van der Waals surface area contributed by atoms with E-state index in [0.29, 0.717) is 23.0 Å². The first-order valence-corrected chi connectivity index (χ1v) is 11.8. The molecule has 0 N–H and O–H groups in total. The Morgan fingerprint density at radius 2 is 1.87 bits per heavy atom. The molecule has 0 aliphatic carbocycles. The molecule has 0 radical (unpaired) electrons. The summed E-state index contributed by atoms with van der Waals surface area (Å²) in [7, 11) is 1.61. The lowest BCUT2D eigenvalue weighted by molar-refractivity contribution is -0.123. The zero-order valence-corrected chi connectivity index (χ0v) is 20.8. The highest BCUT2D eigenvalue weighted by molar-refractivity contribution is 9.10. The van der Waals surface area contributed by atoms with Gasteiger partial charge in [-0.2, -0.15) is 0 Å². The molecule has 3 rings (SSSR count). The predicted molar refractivity (Wildman–Crippen MR) is 132 cm³/mol. The van der Waals surface area contributed by atoms with E-state index in [4.69, 9.17) is 9.47 Å². The molecule has 1 saturated heterocycles. The number of hydrogen-bond acceptors (Lipinski definition) is 5. The van der Waals surface area contributed by atoms with Crippen LogP contribution in [-0.2, 0) is 11.4 Å². The van der Waals surface area contributed by atoms with Gasteiger partial charge >= 0.3 is 0 Å². The van der Waals surface area contributed by atoms with E-state index < -0.39 is 0 Å². The molecule has 1 amide bonds. The van der Waals surface area contributed by atoms with Crippen LogP contribution in [0.4, 0.5) is 0 Å². The second-order valence-corrected chi connectivity index (χ2v) is 9.56. The smallest absolute Gasteiger partial charge is 0.266 e. The summed E-state index contributed by atoms with van der Waals surface area (Å²) in [5.74, 6) is 1.20. The minimum atomic E-state index is -0.0288. The Hall–Kier alpha value is -2.25. The van der Waals surface area contributed by atoms with Gasteiger partial charge in [-0.25, -0.2) is 0 Å². The molecule has 0 bridgehead atoms. The van der Waals surface area contributed by atoms with E-state index >= 15 is 0 Å². The first-order chi connectivity index (χ1) is 14.8. The van der Waals surface area contributed by atoms with Crippen LogP contribution < -0.4 is 9.47 Å². The van der Waals surface area contributed by atoms with E-state index in [1.54, 1.807) is 12.0 Å². The lowest BCUT2D eigenvalue weighted by Crippen LogP contribution is -2.35. The molecule has 1 fully saturated rings. The third kappa shape index (κ3) is 5.71. The summed E-state index contributed by atoms with van der Waals surface area (Å²) in [6, 6.07) is 13.9. The Labute approximate surface area is 196 Å². The van der Waals surface area contributed by atoms with Crippen LogP contribution >= 0.6 is 27.7 Å². The Kier molecular flexibility index (Phi) is 7.84. The minimum Gasteiger partial charge on any atom is -0.493 e. The van der Waals surface area contributed by atoms with Crippen molar-refractivity contribution in [3.63, 3.8) is 0 Å². The number of amides is 1. The predicted octanol–water partition coefficient (Wildman–Crippen LogP) is 6.13. The van der Waals surface area contributed by atoms with Gasteiger partial charge in [0.15, 0.2) is 16.7 Å². The van der Waals surface area contributed by atoms with Gasteiger partial charge in [-0.1, -0.05) is 30.3 Å². The summed E-state index contributed by atoms with van der Waals surface area (Å²) in [6.07, 6.45) is 1.87. The van der Waals surface area contributed by atoms with Crippen molar-refractivity contribution in [3.05, 3.63) is 63.0 Å². The molecule has 0 aromatic heterocycles. The fourth-order valence-electron chi connectivity index (χ4n) is 3.10. The molecule has 1 heterocycles. The fourth-order valence-corrected chi connectivity index (χ4v) is 4.90. The summed E-state index contributed by atoms with van der Waals surface area (Å²) in [4.78, 5) is 20.0. The van der Waals surface area contributed by atoms with Crippen molar-refractivity contribution in [3.8, 4) is 11.5 Å². The summed E-state index contributed by atoms with van der Waals surface area (Å²) >= 11 is 5.01. The third-order valence-electron chi connectivity index (χ3n) is 4.50. The van der Waals surface area contributed by atoms with E-state index in [-0.39, 0.29) is 18.0 Å². The van der Waals surface area contributed by atoms with Crippen molar-refractivity contribution in [2.45, 2.75) is 46.4 Å².